The lowest BCUT2D eigenvalue weighted by Crippen LogP contribution is -1.94. The van der Waals surface area contributed by atoms with Crippen LogP contribution in [0.5, 0.6) is 5.75 Å². The first-order chi connectivity index (χ1) is 11.3. The molecule has 112 valence electrons. The van der Waals surface area contributed by atoms with Gasteiger partial charge >= 0.3 is 0 Å². The molecule has 0 amide bonds. The Morgan fingerprint density at radius 2 is 1.57 bits per heavy atom. The number of benzene rings is 3. The molecule has 0 spiro atoms. The van der Waals surface area contributed by atoms with Crippen LogP contribution in [0.25, 0.3) is 11.1 Å². The maximum absolute atomic E-state index is 10.4. The first kappa shape index (κ1) is 14.8. The van der Waals surface area contributed by atoms with E-state index >= 15 is 0 Å². The number of carbonyl (C=O) groups excluding carboxylic acids is 1. The number of nitrogens with zero attached hydrogens (tertiary/aromatic N) is 1. The largest absolute Gasteiger partial charge is 0.489 e. The molecule has 3 aromatic carbocycles. The Morgan fingerprint density at radius 3 is 2.35 bits per heavy atom. The van der Waals surface area contributed by atoms with E-state index in [4.69, 9.17) is 4.74 Å². The summed E-state index contributed by atoms with van der Waals surface area (Å²) >= 11 is 0. The molecule has 0 aliphatic heterocycles. The number of hydrogen-bond acceptors (Lipinski definition) is 3. The summed E-state index contributed by atoms with van der Waals surface area (Å²) in [5.41, 5.74) is 3.71. The minimum absolute atomic E-state index is 0.528. The maximum Gasteiger partial charge on any atom is 0.240 e. The molecule has 0 N–H and O–H groups in total. The van der Waals surface area contributed by atoms with E-state index in [0.29, 0.717) is 12.3 Å². The third kappa shape index (κ3) is 3.94. The van der Waals surface area contributed by atoms with Gasteiger partial charge in [-0.1, -0.05) is 54.6 Å². The third-order valence-electron chi connectivity index (χ3n) is 3.44. The molecular formula is C20H15NO2. The number of rotatable bonds is 5. The molecule has 3 rings (SSSR count). The van der Waals surface area contributed by atoms with E-state index in [2.05, 4.69) is 4.99 Å². The summed E-state index contributed by atoms with van der Waals surface area (Å²) in [7, 11) is 0. The summed E-state index contributed by atoms with van der Waals surface area (Å²) in [5.74, 6) is 0.802. The number of aliphatic imine (C=N–C) groups is 1. The van der Waals surface area contributed by atoms with Gasteiger partial charge in [0.25, 0.3) is 0 Å². The Morgan fingerprint density at radius 1 is 0.826 bits per heavy atom. The number of ether oxygens (including phenoxy) is 1. The lowest BCUT2D eigenvalue weighted by molar-refractivity contribution is 0.306. The van der Waals surface area contributed by atoms with Crippen molar-refractivity contribution >= 4 is 11.8 Å². The van der Waals surface area contributed by atoms with Gasteiger partial charge < -0.3 is 4.74 Å². The smallest absolute Gasteiger partial charge is 0.240 e. The molecule has 0 saturated heterocycles. The van der Waals surface area contributed by atoms with E-state index < -0.39 is 0 Å². The van der Waals surface area contributed by atoms with Crippen molar-refractivity contribution in [2.45, 2.75) is 6.61 Å². The standard InChI is InChI=1S/C20H15NO2/c22-15-21-19-10-4-8-17(12-19)18-9-5-11-20(13-18)23-14-16-6-2-1-3-7-16/h1-13H,14H2. The fraction of sp³-hybridized carbons (Fsp3) is 0.0500. The number of isocyanates is 1. The van der Waals surface area contributed by atoms with Crippen molar-refractivity contribution in [1.29, 1.82) is 0 Å². The predicted octanol–water partition coefficient (Wildman–Crippen LogP) is 4.90. The summed E-state index contributed by atoms with van der Waals surface area (Å²) in [6, 6.07) is 25.3. The van der Waals surface area contributed by atoms with E-state index in [1.165, 1.54) is 0 Å². The zero-order chi connectivity index (χ0) is 15.9. The lowest BCUT2D eigenvalue weighted by atomic mass is 10.0. The summed E-state index contributed by atoms with van der Waals surface area (Å²) in [4.78, 5) is 14.0. The summed E-state index contributed by atoms with van der Waals surface area (Å²) < 4.78 is 5.85. The second-order valence-corrected chi connectivity index (χ2v) is 5.06. The monoisotopic (exact) mass is 301 g/mol. The van der Waals surface area contributed by atoms with Crippen LogP contribution in [-0.2, 0) is 11.4 Å². The minimum atomic E-state index is 0.528. The fourth-order valence-corrected chi connectivity index (χ4v) is 2.31. The molecule has 3 aromatic rings. The highest BCUT2D eigenvalue weighted by Gasteiger charge is 2.02. The van der Waals surface area contributed by atoms with Gasteiger partial charge in [-0.2, -0.15) is 4.99 Å². The summed E-state index contributed by atoms with van der Waals surface area (Å²) in [6.45, 7) is 0.528. The Balaban J connectivity index is 1.79. The molecule has 0 unspecified atom stereocenters. The van der Waals surface area contributed by atoms with Crippen molar-refractivity contribution in [3.8, 4) is 16.9 Å². The molecule has 23 heavy (non-hydrogen) atoms. The first-order valence-electron chi connectivity index (χ1n) is 7.30. The molecule has 3 nitrogen and oxygen atoms in total. The molecule has 0 radical (unpaired) electrons. The van der Waals surface area contributed by atoms with E-state index in [1.807, 2.05) is 72.8 Å². The molecule has 3 heteroatoms. The topological polar surface area (TPSA) is 38.7 Å². The van der Waals surface area contributed by atoms with Crippen molar-refractivity contribution in [2.24, 2.45) is 4.99 Å². The van der Waals surface area contributed by atoms with Gasteiger partial charge in [0.05, 0.1) is 5.69 Å². The Bertz CT molecular complexity index is 837. The van der Waals surface area contributed by atoms with Gasteiger partial charge in [0.1, 0.15) is 12.4 Å². The zero-order valence-electron chi connectivity index (χ0n) is 12.5. The average molecular weight is 301 g/mol. The Kier molecular flexibility index (Phi) is 4.63. The fourth-order valence-electron chi connectivity index (χ4n) is 2.31. The molecule has 0 atom stereocenters. The van der Waals surface area contributed by atoms with Gasteiger partial charge in [-0.05, 0) is 41.0 Å². The highest BCUT2D eigenvalue weighted by atomic mass is 16.5. The second-order valence-electron chi connectivity index (χ2n) is 5.06. The van der Waals surface area contributed by atoms with Gasteiger partial charge in [-0.25, -0.2) is 4.79 Å². The molecule has 0 fully saturated rings. The van der Waals surface area contributed by atoms with Gasteiger partial charge in [0, 0.05) is 0 Å². The molecule has 0 aromatic heterocycles. The van der Waals surface area contributed by atoms with Crippen molar-refractivity contribution < 1.29 is 9.53 Å². The molecule has 0 saturated carbocycles. The van der Waals surface area contributed by atoms with Crippen LogP contribution < -0.4 is 4.74 Å². The second kappa shape index (κ2) is 7.21. The van der Waals surface area contributed by atoms with Gasteiger partial charge in [0.2, 0.25) is 6.08 Å². The van der Waals surface area contributed by atoms with E-state index in [1.54, 1.807) is 12.1 Å². The zero-order valence-corrected chi connectivity index (χ0v) is 12.5. The van der Waals surface area contributed by atoms with Gasteiger partial charge in [-0.15, -0.1) is 0 Å². The lowest BCUT2D eigenvalue weighted by Gasteiger charge is -2.08. The normalized spacial score (nSPS) is 9.91. The molecule has 0 bridgehead atoms. The first-order valence-corrected chi connectivity index (χ1v) is 7.30. The molecular weight excluding hydrogens is 286 g/mol. The van der Waals surface area contributed by atoms with E-state index in [-0.39, 0.29) is 0 Å². The van der Waals surface area contributed by atoms with Crippen LogP contribution in [0.1, 0.15) is 5.56 Å². The predicted molar refractivity (Wildman–Crippen MR) is 90.4 cm³/mol. The highest BCUT2D eigenvalue weighted by molar-refractivity contribution is 5.69. The summed E-state index contributed by atoms with van der Waals surface area (Å²) in [5, 5.41) is 0. The van der Waals surface area contributed by atoms with Gasteiger partial charge in [-0.3, -0.25) is 0 Å². The van der Waals surface area contributed by atoms with Crippen molar-refractivity contribution in [1.82, 2.24) is 0 Å². The van der Waals surface area contributed by atoms with E-state index in [0.717, 1.165) is 22.4 Å². The van der Waals surface area contributed by atoms with E-state index in [9.17, 15) is 4.79 Å². The third-order valence-corrected chi connectivity index (χ3v) is 3.44. The van der Waals surface area contributed by atoms with Crippen LogP contribution in [-0.4, -0.2) is 6.08 Å². The average Bonchev–Trinajstić information content (AvgIpc) is 2.62. The molecule has 0 aliphatic rings. The molecule has 0 heterocycles. The summed E-state index contributed by atoms with van der Waals surface area (Å²) in [6.07, 6.45) is 1.56. The van der Waals surface area contributed by atoms with Crippen LogP contribution in [0.2, 0.25) is 0 Å². The van der Waals surface area contributed by atoms with Crippen LogP contribution in [0, 0.1) is 0 Å². The van der Waals surface area contributed by atoms with Crippen LogP contribution in [0.4, 0.5) is 5.69 Å². The van der Waals surface area contributed by atoms with Crippen LogP contribution in [0.3, 0.4) is 0 Å². The van der Waals surface area contributed by atoms with Gasteiger partial charge in [0.15, 0.2) is 0 Å². The Labute approximate surface area is 134 Å². The SMILES string of the molecule is O=C=Nc1cccc(-c2cccc(OCc3ccccc3)c2)c1. The maximum atomic E-state index is 10.4. The number of hydrogen-bond donors (Lipinski definition) is 0. The van der Waals surface area contributed by atoms with Crippen molar-refractivity contribution in [3.63, 3.8) is 0 Å². The quantitative estimate of drug-likeness (QED) is 0.496. The Hall–Kier alpha value is -3.16. The minimum Gasteiger partial charge on any atom is -0.489 e. The molecule has 0 aliphatic carbocycles. The van der Waals surface area contributed by atoms with Crippen LogP contribution in [0.15, 0.2) is 83.9 Å². The van der Waals surface area contributed by atoms with Crippen molar-refractivity contribution in [2.75, 3.05) is 0 Å². The van der Waals surface area contributed by atoms with Crippen molar-refractivity contribution in [3.05, 3.63) is 84.4 Å². The highest BCUT2D eigenvalue weighted by Crippen LogP contribution is 2.27. The van der Waals surface area contributed by atoms with Crippen LogP contribution >= 0.6 is 0 Å².